The number of rotatable bonds is 0. The zero-order chi connectivity index (χ0) is 8.55. The minimum Gasteiger partial charge on any atom is -0.253 e. The average molecular weight is 156 g/mol. The number of aromatic nitrogens is 1. The largest absolute Gasteiger partial charge is 0.253 e. The fraction of sp³-hybridized carbons (Fsp3) is 0.182. The van der Waals surface area contributed by atoms with Crippen LogP contribution in [0, 0.1) is 19.9 Å². The molecule has 0 spiro atoms. The van der Waals surface area contributed by atoms with Gasteiger partial charge in [0.2, 0.25) is 0 Å². The minimum atomic E-state index is 1.02. The van der Waals surface area contributed by atoms with Crippen LogP contribution in [0.4, 0.5) is 0 Å². The van der Waals surface area contributed by atoms with Crippen LogP contribution in [0.15, 0.2) is 24.3 Å². The predicted molar refractivity (Wildman–Crippen MR) is 50.1 cm³/mol. The van der Waals surface area contributed by atoms with Crippen LogP contribution in [0.3, 0.4) is 0 Å². The van der Waals surface area contributed by atoms with Crippen molar-refractivity contribution in [3.05, 3.63) is 41.6 Å². The van der Waals surface area contributed by atoms with Crippen molar-refractivity contribution in [3.8, 4) is 0 Å². The number of hydrogen-bond acceptors (Lipinski definition) is 1. The summed E-state index contributed by atoms with van der Waals surface area (Å²) in [5.41, 5.74) is 3.31. The van der Waals surface area contributed by atoms with E-state index in [-0.39, 0.29) is 0 Å². The third kappa shape index (κ3) is 1.07. The van der Waals surface area contributed by atoms with Gasteiger partial charge in [-0.25, -0.2) is 0 Å². The highest BCUT2D eigenvalue weighted by molar-refractivity contribution is 5.80. The Balaban J connectivity index is 2.88. The van der Waals surface area contributed by atoms with Crippen molar-refractivity contribution in [1.82, 2.24) is 4.98 Å². The molecular formula is C11H10N. The van der Waals surface area contributed by atoms with Crippen molar-refractivity contribution in [2.24, 2.45) is 0 Å². The van der Waals surface area contributed by atoms with Gasteiger partial charge in [0.25, 0.3) is 0 Å². The molecule has 1 aromatic carbocycles. The third-order valence-corrected chi connectivity index (χ3v) is 1.96. The number of benzene rings is 1. The lowest BCUT2D eigenvalue weighted by atomic mass is 10.1. The lowest BCUT2D eigenvalue weighted by Gasteiger charge is -2.00. The summed E-state index contributed by atoms with van der Waals surface area (Å²) >= 11 is 0. The maximum atomic E-state index is 4.44. The summed E-state index contributed by atoms with van der Waals surface area (Å²) in [7, 11) is 0. The van der Waals surface area contributed by atoms with Crippen LogP contribution in [0.5, 0.6) is 0 Å². The van der Waals surface area contributed by atoms with Gasteiger partial charge >= 0.3 is 0 Å². The molecular weight excluding hydrogens is 146 g/mol. The zero-order valence-corrected chi connectivity index (χ0v) is 7.26. The van der Waals surface area contributed by atoms with Crippen LogP contribution in [0.25, 0.3) is 10.9 Å². The van der Waals surface area contributed by atoms with E-state index in [1.165, 1.54) is 5.56 Å². The van der Waals surface area contributed by atoms with E-state index in [0.717, 1.165) is 16.6 Å². The smallest absolute Gasteiger partial charge is 0.0740 e. The second-order valence-corrected chi connectivity index (χ2v) is 3.01. The molecule has 1 radical (unpaired) electrons. The SMILES string of the molecule is Cc1c[c]c2cccc(C)c2n1. The van der Waals surface area contributed by atoms with E-state index >= 15 is 0 Å². The maximum absolute atomic E-state index is 4.44. The molecule has 2 rings (SSSR count). The summed E-state index contributed by atoms with van der Waals surface area (Å²) in [4.78, 5) is 4.44. The molecule has 1 heteroatoms. The zero-order valence-electron chi connectivity index (χ0n) is 7.26. The molecule has 0 aliphatic rings. The van der Waals surface area contributed by atoms with E-state index in [1.54, 1.807) is 0 Å². The van der Waals surface area contributed by atoms with Gasteiger partial charge < -0.3 is 0 Å². The van der Waals surface area contributed by atoms with Gasteiger partial charge in [-0.1, -0.05) is 18.2 Å². The van der Waals surface area contributed by atoms with Crippen molar-refractivity contribution < 1.29 is 0 Å². The molecule has 0 amide bonds. The Morgan fingerprint density at radius 1 is 1.25 bits per heavy atom. The Kier molecular flexibility index (Phi) is 1.58. The summed E-state index contributed by atoms with van der Waals surface area (Å²) < 4.78 is 0. The summed E-state index contributed by atoms with van der Waals surface area (Å²) in [6.45, 7) is 4.06. The van der Waals surface area contributed by atoms with Crippen molar-refractivity contribution in [2.75, 3.05) is 0 Å². The molecule has 0 saturated carbocycles. The highest BCUT2D eigenvalue weighted by Crippen LogP contribution is 2.15. The molecule has 0 atom stereocenters. The van der Waals surface area contributed by atoms with E-state index in [2.05, 4.69) is 24.0 Å². The van der Waals surface area contributed by atoms with E-state index in [4.69, 9.17) is 0 Å². The molecule has 0 fully saturated rings. The molecule has 2 aromatic rings. The molecule has 0 N–H and O–H groups in total. The molecule has 0 unspecified atom stereocenters. The Bertz CT molecular complexity index is 418. The minimum absolute atomic E-state index is 1.02. The first-order valence-corrected chi connectivity index (χ1v) is 4.02. The van der Waals surface area contributed by atoms with Crippen LogP contribution in [-0.4, -0.2) is 4.98 Å². The quantitative estimate of drug-likeness (QED) is 0.571. The standard InChI is InChI=1S/C11H10N/c1-8-4-3-5-10-7-6-9(2)12-11(8)10/h3-6H,1-2H3. The third-order valence-electron chi connectivity index (χ3n) is 1.96. The Morgan fingerprint density at radius 2 is 2.08 bits per heavy atom. The van der Waals surface area contributed by atoms with Crippen LogP contribution < -0.4 is 0 Å². The molecule has 1 heterocycles. The van der Waals surface area contributed by atoms with Gasteiger partial charge in [0.05, 0.1) is 5.52 Å². The normalized spacial score (nSPS) is 10.5. The first kappa shape index (κ1) is 7.29. The molecule has 0 aliphatic carbocycles. The number of hydrogen-bond donors (Lipinski definition) is 0. The van der Waals surface area contributed by atoms with Crippen LogP contribution >= 0.6 is 0 Å². The van der Waals surface area contributed by atoms with Gasteiger partial charge in [0.15, 0.2) is 0 Å². The van der Waals surface area contributed by atoms with Crippen molar-refractivity contribution in [2.45, 2.75) is 13.8 Å². The fourth-order valence-electron chi connectivity index (χ4n) is 1.31. The van der Waals surface area contributed by atoms with E-state index in [9.17, 15) is 0 Å². The molecule has 12 heavy (non-hydrogen) atoms. The average Bonchev–Trinajstić information content (AvgIpc) is 2.07. The Morgan fingerprint density at radius 3 is 2.92 bits per heavy atom. The van der Waals surface area contributed by atoms with E-state index in [0.29, 0.717) is 0 Å². The topological polar surface area (TPSA) is 12.9 Å². The lowest BCUT2D eigenvalue weighted by molar-refractivity contribution is 1.24. The molecule has 1 aromatic heterocycles. The number of pyridine rings is 1. The molecule has 1 nitrogen and oxygen atoms in total. The highest BCUT2D eigenvalue weighted by Gasteiger charge is 1.97. The summed E-state index contributed by atoms with van der Waals surface area (Å²) in [5, 5.41) is 1.10. The van der Waals surface area contributed by atoms with Crippen molar-refractivity contribution in [3.63, 3.8) is 0 Å². The molecule has 59 valence electrons. The first-order valence-electron chi connectivity index (χ1n) is 4.02. The van der Waals surface area contributed by atoms with Gasteiger partial charge in [-0.15, -0.1) is 0 Å². The number of nitrogens with zero attached hydrogens (tertiary/aromatic N) is 1. The second-order valence-electron chi connectivity index (χ2n) is 3.01. The van der Waals surface area contributed by atoms with Gasteiger partial charge in [-0.2, -0.15) is 0 Å². The molecule has 0 saturated heterocycles. The number of fused-ring (bicyclic) bond motifs is 1. The first-order chi connectivity index (χ1) is 5.77. The van der Waals surface area contributed by atoms with Gasteiger partial charge in [-0.3, -0.25) is 4.98 Å². The Labute approximate surface area is 72.1 Å². The number of aryl methyl sites for hydroxylation is 2. The summed E-state index contributed by atoms with van der Waals surface area (Å²) in [5.74, 6) is 0. The van der Waals surface area contributed by atoms with Gasteiger partial charge in [-0.05, 0) is 31.5 Å². The number of para-hydroxylation sites is 1. The Hall–Kier alpha value is -1.37. The molecule has 0 bridgehead atoms. The van der Waals surface area contributed by atoms with E-state index in [1.807, 2.05) is 25.1 Å². The monoisotopic (exact) mass is 156 g/mol. The van der Waals surface area contributed by atoms with Crippen molar-refractivity contribution >= 4 is 10.9 Å². The summed E-state index contributed by atoms with van der Waals surface area (Å²) in [6, 6.07) is 11.3. The second kappa shape index (κ2) is 2.59. The molecule has 0 aliphatic heterocycles. The lowest BCUT2D eigenvalue weighted by Crippen LogP contribution is -1.85. The van der Waals surface area contributed by atoms with Gasteiger partial charge in [0, 0.05) is 11.1 Å². The van der Waals surface area contributed by atoms with Crippen LogP contribution in [-0.2, 0) is 0 Å². The maximum Gasteiger partial charge on any atom is 0.0740 e. The van der Waals surface area contributed by atoms with Crippen molar-refractivity contribution in [1.29, 1.82) is 0 Å². The van der Waals surface area contributed by atoms with Crippen LogP contribution in [0.2, 0.25) is 0 Å². The summed E-state index contributed by atoms with van der Waals surface area (Å²) in [6.07, 6.45) is 0. The highest BCUT2D eigenvalue weighted by atomic mass is 14.7. The van der Waals surface area contributed by atoms with Crippen LogP contribution in [0.1, 0.15) is 11.3 Å². The van der Waals surface area contributed by atoms with Gasteiger partial charge in [0.1, 0.15) is 0 Å². The predicted octanol–water partition coefficient (Wildman–Crippen LogP) is 2.65. The van der Waals surface area contributed by atoms with E-state index < -0.39 is 0 Å². The fourth-order valence-corrected chi connectivity index (χ4v) is 1.31.